The van der Waals surface area contributed by atoms with Gasteiger partial charge >= 0.3 is 0 Å². The fourth-order valence-corrected chi connectivity index (χ4v) is 3.53. The molecule has 1 aliphatic heterocycles. The molecule has 7 heteroatoms. The number of anilines is 1. The van der Waals surface area contributed by atoms with Gasteiger partial charge in [0, 0.05) is 22.7 Å². The second-order valence-corrected chi connectivity index (χ2v) is 7.39. The Morgan fingerprint density at radius 1 is 1.22 bits per heavy atom. The normalized spacial score (nSPS) is 17.9. The van der Waals surface area contributed by atoms with Crippen molar-refractivity contribution in [2.75, 3.05) is 12.0 Å². The van der Waals surface area contributed by atoms with Crippen LogP contribution in [0.5, 0.6) is 5.75 Å². The summed E-state index contributed by atoms with van der Waals surface area (Å²) in [5.74, 6) is 2.42. The van der Waals surface area contributed by atoms with Gasteiger partial charge in [0.2, 0.25) is 0 Å². The fourth-order valence-electron chi connectivity index (χ4n) is 3.27. The van der Waals surface area contributed by atoms with Gasteiger partial charge in [0.1, 0.15) is 17.8 Å². The molecule has 0 aliphatic carbocycles. The Hall–Kier alpha value is -2.64. The Labute approximate surface area is 166 Å². The van der Waals surface area contributed by atoms with Crippen molar-refractivity contribution in [3.8, 4) is 5.75 Å². The minimum Gasteiger partial charge on any atom is -0.497 e. The second kappa shape index (κ2) is 7.17. The van der Waals surface area contributed by atoms with Gasteiger partial charge in [0.25, 0.3) is 0 Å². The summed E-state index contributed by atoms with van der Waals surface area (Å²) in [6, 6.07) is 15.8. The van der Waals surface area contributed by atoms with Crippen molar-refractivity contribution in [1.29, 1.82) is 0 Å². The molecule has 0 bridgehead atoms. The number of aromatic nitrogens is 2. The Balaban J connectivity index is 1.83. The number of hydrogen-bond acceptors (Lipinski definition) is 4. The molecular formula is C20H20BrN5O. The number of amidine groups is 1. The van der Waals surface area contributed by atoms with E-state index in [0.717, 1.165) is 44.4 Å². The van der Waals surface area contributed by atoms with Gasteiger partial charge in [-0.25, -0.2) is 4.99 Å². The maximum absolute atomic E-state index is 6.63. The molecule has 3 N–H and O–H groups in total. The number of nitrogens with zero attached hydrogens (tertiary/aromatic N) is 3. The van der Waals surface area contributed by atoms with Crippen molar-refractivity contribution in [1.82, 2.24) is 10.2 Å². The van der Waals surface area contributed by atoms with Crippen molar-refractivity contribution in [3.05, 3.63) is 69.8 Å². The van der Waals surface area contributed by atoms with Crippen LogP contribution in [0.1, 0.15) is 23.0 Å². The zero-order chi connectivity index (χ0) is 19.0. The minimum absolute atomic E-state index is 0.378. The third-order valence-electron chi connectivity index (χ3n) is 4.60. The summed E-state index contributed by atoms with van der Waals surface area (Å²) in [4.78, 5) is 6.86. The quantitative estimate of drug-likeness (QED) is 0.657. The van der Waals surface area contributed by atoms with Crippen molar-refractivity contribution in [2.24, 2.45) is 10.7 Å². The average molecular weight is 426 g/mol. The summed E-state index contributed by atoms with van der Waals surface area (Å²) in [5.41, 5.74) is 10.6. The highest BCUT2D eigenvalue weighted by molar-refractivity contribution is 9.10. The Kier molecular flexibility index (Phi) is 4.72. The number of aromatic amines is 1. The highest BCUT2D eigenvalue weighted by atomic mass is 79.9. The number of methoxy groups -OCH3 is 1. The summed E-state index contributed by atoms with van der Waals surface area (Å²) in [6.45, 7) is 1.97. The van der Waals surface area contributed by atoms with Gasteiger partial charge in [-0.2, -0.15) is 5.10 Å². The largest absolute Gasteiger partial charge is 0.497 e. The number of rotatable bonds is 3. The van der Waals surface area contributed by atoms with E-state index in [2.05, 4.69) is 26.1 Å². The van der Waals surface area contributed by atoms with Crippen molar-refractivity contribution in [2.45, 2.75) is 19.5 Å². The van der Waals surface area contributed by atoms with Crippen LogP contribution >= 0.6 is 15.9 Å². The number of aryl methyl sites for hydroxylation is 1. The number of fused-ring (bicyclic) bond motifs is 1. The molecular weight excluding hydrogens is 406 g/mol. The van der Waals surface area contributed by atoms with E-state index in [-0.39, 0.29) is 6.17 Å². The van der Waals surface area contributed by atoms with E-state index in [9.17, 15) is 0 Å². The predicted molar refractivity (Wildman–Crippen MR) is 111 cm³/mol. The monoisotopic (exact) mass is 425 g/mol. The molecule has 0 amide bonds. The zero-order valence-corrected chi connectivity index (χ0v) is 16.7. The van der Waals surface area contributed by atoms with E-state index >= 15 is 0 Å². The fraction of sp³-hybridized carbons (Fsp3) is 0.200. The van der Waals surface area contributed by atoms with Crippen LogP contribution in [0.4, 0.5) is 11.5 Å². The number of H-pyrrole nitrogens is 1. The van der Waals surface area contributed by atoms with Gasteiger partial charge < -0.3 is 10.5 Å². The number of nitrogens with one attached hydrogen (secondary N) is 1. The molecule has 1 aliphatic rings. The number of benzene rings is 2. The lowest BCUT2D eigenvalue weighted by Gasteiger charge is -2.36. The maximum Gasteiger partial charge on any atom is 0.157 e. The molecule has 138 valence electrons. The maximum atomic E-state index is 6.63. The van der Waals surface area contributed by atoms with Crippen molar-refractivity contribution >= 4 is 33.3 Å². The predicted octanol–water partition coefficient (Wildman–Crippen LogP) is 4.24. The minimum atomic E-state index is -0.378. The SMILES string of the molecule is COc1ccc2c(c1)CC(=Nc1ccc(Br)cc1)N(c1cc(C)[nH]n1)C2N. The van der Waals surface area contributed by atoms with Gasteiger partial charge in [0.05, 0.1) is 12.8 Å². The first-order valence-electron chi connectivity index (χ1n) is 8.62. The molecule has 2 heterocycles. The van der Waals surface area contributed by atoms with E-state index in [0.29, 0.717) is 6.42 Å². The van der Waals surface area contributed by atoms with Gasteiger partial charge in [-0.3, -0.25) is 10.00 Å². The van der Waals surface area contributed by atoms with Crippen LogP contribution in [0.2, 0.25) is 0 Å². The second-order valence-electron chi connectivity index (χ2n) is 6.47. The number of hydrogen-bond donors (Lipinski definition) is 2. The molecule has 6 nitrogen and oxygen atoms in total. The standard InChI is InChI=1S/C20H20BrN5O/c1-12-9-19(25-24-12)26-18(23-15-5-3-14(21)4-6-15)11-13-10-16(27-2)7-8-17(13)20(26)22/h3-10,20H,11,22H2,1-2H3,(H,24,25). The number of halogens is 1. The van der Waals surface area contributed by atoms with Crippen LogP contribution in [0.15, 0.2) is 58.0 Å². The average Bonchev–Trinajstić information content (AvgIpc) is 3.09. The van der Waals surface area contributed by atoms with Crippen molar-refractivity contribution < 1.29 is 4.74 Å². The topological polar surface area (TPSA) is 79.5 Å². The molecule has 3 aromatic rings. The molecule has 27 heavy (non-hydrogen) atoms. The van der Waals surface area contributed by atoms with E-state index in [4.69, 9.17) is 15.5 Å². The van der Waals surface area contributed by atoms with Crippen LogP contribution in [-0.2, 0) is 6.42 Å². The van der Waals surface area contributed by atoms with E-state index < -0.39 is 0 Å². The summed E-state index contributed by atoms with van der Waals surface area (Å²) < 4.78 is 6.40. The van der Waals surface area contributed by atoms with Gasteiger partial charge in [-0.15, -0.1) is 0 Å². The Morgan fingerprint density at radius 2 is 2.00 bits per heavy atom. The molecule has 1 unspecified atom stereocenters. The van der Waals surface area contributed by atoms with E-state index in [1.807, 2.05) is 60.4 Å². The Morgan fingerprint density at radius 3 is 2.67 bits per heavy atom. The zero-order valence-electron chi connectivity index (χ0n) is 15.1. The number of aliphatic imine (C=N–C) groups is 1. The first-order valence-corrected chi connectivity index (χ1v) is 9.41. The smallest absolute Gasteiger partial charge is 0.157 e. The Bertz CT molecular complexity index is 996. The number of nitrogens with two attached hydrogens (primary N) is 1. The van der Waals surface area contributed by atoms with E-state index in [1.54, 1.807) is 7.11 Å². The number of ether oxygens (including phenoxy) is 1. The lowest BCUT2D eigenvalue weighted by molar-refractivity contribution is 0.414. The summed E-state index contributed by atoms with van der Waals surface area (Å²) in [7, 11) is 1.67. The first-order chi connectivity index (χ1) is 13.0. The van der Waals surface area contributed by atoms with Gasteiger partial charge in [-0.1, -0.05) is 22.0 Å². The lowest BCUT2D eigenvalue weighted by atomic mass is 9.95. The summed E-state index contributed by atoms with van der Waals surface area (Å²) >= 11 is 3.46. The molecule has 1 aromatic heterocycles. The van der Waals surface area contributed by atoms with Crippen molar-refractivity contribution in [3.63, 3.8) is 0 Å². The van der Waals surface area contributed by atoms with Crippen LogP contribution in [-0.4, -0.2) is 23.1 Å². The molecule has 1 atom stereocenters. The molecule has 0 saturated carbocycles. The van der Waals surface area contributed by atoms with E-state index in [1.165, 1.54) is 0 Å². The molecule has 0 radical (unpaired) electrons. The molecule has 0 fully saturated rings. The third-order valence-corrected chi connectivity index (χ3v) is 5.13. The molecule has 2 aromatic carbocycles. The highest BCUT2D eigenvalue weighted by Gasteiger charge is 2.31. The third kappa shape index (κ3) is 3.48. The van der Waals surface area contributed by atoms with Crippen LogP contribution in [0.25, 0.3) is 0 Å². The molecule has 0 spiro atoms. The highest BCUT2D eigenvalue weighted by Crippen LogP contribution is 2.34. The van der Waals surface area contributed by atoms with Crippen LogP contribution < -0.4 is 15.4 Å². The molecule has 4 rings (SSSR count). The first kappa shape index (κ1) is 17.8. The van der Waals surface area contributed by atoms with Crippen LogP contribution in [0, 0.1) is 6.92 Å². The summed E-state index contributed by atoms with van der Waals surface area (Å²) in [6.07, 6.45) is 0.263. The van der Waals surface area contributed by atoms with Gasteiger partial charge in [-0.05, 0) is 54.4 Å². The summed E-state index contributed by atoms with van der Waals surface area (Å²) in [5, 5.41) is 7.40. The van der Waals surface area contributed by atoms with Crippen LogP contribution in [0.3, 0.4) is 0 Å². The molecule has 0 saturated heterocycles. The lowest BCUT2D eigenvalue weighted by Crippen LogP contribution is -2.44. The van der Waals surface area contributed by atoms with Gasteiger partial charge in [0.15, 0.2) is 5.82 Å².